The number of hydrogen-bond donors (Lipinski definition) is 0. The predicted molar refractivity (Wildman–Crippen MR) is 119 cm³/mol. The van der Waals surface area contributed by atoms with Gasteiger partial charge in [-0.25, -0.2) is 9.59 Å². The zero-order valence-corrected chi connectivity index (χ0v) is 17.7. The number of hydrogen-bond acceptors (Lipinski definition) is 4. The van der Waals surface area contributed by atoms with Gasteiger partial charge < -0.3 is 9.47 Å². The van der Waals surface area contributed by atoms with E-state index >= 15 is 0 Å². The molecule has 30 heavy (non-hydrogen) atoms. The van der Waals surface area contributed by atoms with E-state index in [1.165, 1.54) is 11.1 Å². The molecule has 0 radical (unpaired) electrons. The zero-order chi connectivity index (χ0) is 21.4. The molecule has 0 saturated heterocycles. The van der Waals surface area contributed by atoms with E-state index in [1.54, 1.807) is 0 Å². The van der Waals surface area contributed by atoms with E-state index in [0.717, 1.165) is 51.4 Å². The van der Waals surface area contributed by atoms with Crippen molar-refractivity contribution >= 4 is 11.9 Å². The average molecular weight is 409 g/mol. The molecule has 4 nitrogen and oxygen atoms in total. The Labute approximate surface area is 179 Å². The lowest BCUT2D eigenvalue weighted by atomic mass is 10.1. The van der Waals surface area contributed by atoms with Gasteiger partial charge in [-0.3, -0.25) is 0 Å². The van der Waals surface area contributed by atoms with Gasteiger partial charge in [0.2, 0.25) is 0 Å². The van der Waals surface area contributed by atoms with E-state index in [0.29, 0.717) is 13.2 Å². The number of esters is 2. The van der Waals surface area contributed by atoms with E-state index in [9.17, 15) is 9.59 Å². The fourth-order valence-corrected chi connectivity index (χ4v) is 3.09. The Hall–Kier alpha value is -2.88. The van der Waals surface area contributed by atoms with Crippen molar-refractivity contribution in [1.82, 2.24) is 0 Å². The van der Waals surface area contributed by atoms with E-state index < -0.39 is 11.9 Å². The number of benzene rings is 2. The SMILES string of the molecule is C=C(C(=O)OCCCCCc1ccccc1)C(=O)OCCCCCc1ccccc1. The van der Waals surface area contributed by atoms with E-state index in [2.05, 4.69) is 30.8 Å². The average Bonchev–Trinajstić information content (AvgIpc) is 2.79. The maximum absolute atomic E-state index is 11.9. The third-order valence-electron chi connectivity index (χ3n) is 4.86. The molecule has 0 unspecified atom stereocenters. The third kappa shape index (κ3) is 9.55. The quantitative estimate of drug-likeness (QED) is 0.137. The molecule has 0 aliphatic rings. The lowest BCUT2D eigenvalue weighted by Crippen LogP contribution is -2.18. The van der Waals surface area contributed by atoms with Gasteiger partial charge in [-0.1, -0.05) is 67.2 Å². The Morgan fingerprint density at radius 3 is 1.40 bits per heavy atom. The highest BCUT2D eigenvalue weighted by molar-refractivity contribution is 6.13. The minimum atomic E-state index is -0.688. The van der Waals surface area contributed by atoms with Crippen molar-refractivity contribution in [3.8, 4) is 0 Å². The fraction of sp³-hybridized carbons (Fsp3) is 0.385. The fourth-order valence-electron chi connectivity index (χ4n) is 3.09. The smallest absolute Gasteiger partial charge is 0.344 e. The summed E-state index contributed by atoms with van der Waals surface area (Å²) in [5.74, 6) is -1.38. The molecule has 0 heterocycles. The summed E-state index contributed by atoms with van der Waals surface area (Å²) in [7, 11) is 0. The van der Waals surface area contributed by atoms with Crippen molar-refractivity contribution < 1.29 is 19.1 Å². The van der Waals surface area contributed by atoms with Crippen molar-refractivity contribution in [3.05, 3.63) is 83.9 Å². The molecule has 0 bridgehead atoms. The molecule has 0 aromatic heterocycles. The normalized spacial score (nSPS) is 10.4. The number of carbonyl (C=O) groups excluding carboxylic acids is 2. The molecule has 160 valence electrons. The van der Waals surface area contributed by atoms with Crippen LogP contribution in [0.25, 0.3) is 0 Å². The summed E-state index contributed by atoms with van der Waals surface area (Å²) < 4.78 is 10.3. The number of unbranched alkanes of at least 4 members (excludes halogenated alkanes) is 4. The topological polar surface area (TPSA) is 52.6 Å². The maximum Gasteiger partial charge on any atom is 0.344 e. The molecule has 0 saturated carbocycles. The number of aryl methyl sites for hydroxylation is 2. The molecule has 0 N–H and O–H groups in total. The Morgan fingerprint density at radius 2 is 1.00 bits per heavy atom. The van der Waals surface area contributed by atoms with Crippen LogP contribution in [0, 0.1) is 0 Å². The van der Waals surface area contributed by atoms with Gasteiger partial charge in [0.15, 0.2) is 0 Å². The summed E-state index contributed by atoms with van der Waals surface area (Å²) in [5, 5.41) is 0. The van der Waals surface area contributed by atoms with Crippen LogP contribution >= 0.6 is 0 Å². The highest BCUT2D eigenvalue weighted by Crippen LogP contribution is 2.09. The molecule has 0 aliphatic carbocycles. The second-order valence-electron chi connectivity index (χ2n) is 7.34. The van der Waals surface area contributed by atoms with E-state index in [4.69, 9.17) is 9.47 Å². The molecule has 0 aliphatic heterocycles. The largest absolute Gasteiger partial charge is 0.462 e. The van der Waals surface area contributed by atoms with Crippen molar-refractivity contribution in [2.45, 2.75) is 51.4 Å². The van der Waals surface area contributed by atoms with Gasteiger partial charge in [-0.2, -0.15) is 0 Å². The van der Waals surface area contributed by atoms with Gasteiger partial charge in [0.1, 0.15) is 5.57 Å². The molecular formula is C26H32O4. The zero-order valence-electron chi connectivity index (χ0n) is 17.7. The van der Waals surface area contributed by atoms with Gasteiger partial charge in [-0.15, -0.1) is 0 Å². The molecule has 2 aromatic carbocycles. The molecule has 4 heteroatoms. The van der Waals surface area contributed by atoms with Crippen molar-refractivity contribution in [3.63, 3.8) is 0 Å². The van der Waals surface area contributed by atoms with Crippen LogP contribution in [0.3, 0.4) is 0 Å². The van der Waals surface area contributed by atoms with Gasteiger partial charge in [-0.05, 0) is 62.5 Å². The summed E-state index contributed by atoms with van der Waals surface area (Å²) in [6.45, 7) is 4.10. The molecule has 0 amide bonds. The summed E-state index contributed by atoms with van der Waals surface area (Å²) in [4.78, 5) is 23.8. The van der Waals surface area contributed by atoms with E-state index in [1.807, 2.05) is 36.4 Å². The van der Waals surface area contributed by atoms with Crippen molar-refractivity contribution in [1.29, 1.82) is 0 Å². The van der Waals surface area contributed by atoms with Crippen molar-refractivity contribution in [2.24, 2.45) is 0 Å². The lowest BCUT2D eigenvalue weighted by Gasteiger charge is -2.08. The molecule has 0 spiro atoms. The molecule has 2 rings (SSSR count). The van der Waals surface area contributed by atoms with Gasteiger partial charge in [0, 0.05) is 0 Å². The predicted octanol–water partition coefficient (Wildman–Crippen LogP) is 5.46. The first-order chi connectivity index (χ1) is 14.7. The standard InChI is InChI=1S/C26H32O4/c1-22(25(27)29-20-12-4-10-18-23-14-6-2-7-15-23)26(28)30-21-13-5-11-19-24-16-8-3-9-17-24/h2-3,6-9,14-17H,1,4-5,10-13,18-21H2. The molecular weight excluding hydrogens is 376 g/mol. The van der Waals surface area contributed by atoms with Crippen LogP contribution < -0.4 is 0 Å². The Bertz CT molecular complexity index is 703. The summed E-state index contributed by atoms with van der Waals surface area (Å²) >= 11 is 0. The first-order valence-corrected chi connectivity index (χ1v) is 10.8. The number of rotatable bonds is 14. The summed E-state index contributed by atoms with van der Waals surface area (Å²) in [6, 6.07) is 20.6. The minimum Gasteiger partial charge on any atom is -0.462 e. The van der Waals surface area contributed by atoms with Crippen LogP contribution in [0.1, 0.15) is 49.7 Å². The van der Waals surface area contributed by atoms with Crippen LogP contribution in [0.2, 0.25) is 0 Å². The Balaban J connectivity index is 1.47. The van der Waals surface area contributed by atoms with Crippen molar-refractivity contribution in [2.75, 3.05) is 13.2 Å². The summed E-state index contributed by atoms with van der Waals surface area (Å²) in [5.41, 5.74) is 2.39. The van der Waals surface area contributed by atoms with Gasteiger partial charge in [0.25, 0.3) is 0 Å². The Morgan fingerprint density at radius 1 is 0.600 bits per heavy atom. The second-order valence-corrected chi connectivity index (χ2v) is 7.34. The first kappa shape index (κ1) is 23.4. The molecule has 0 fully saturated rings. The van der Waals surface area contributed by atoms with E-state index in [-0.39, 0.29) is 5.57 Å². The van der Waals surface area contributed by atoms with Gasteiger partial charge in [0.05, 0.1) is 13.2 Å². The lowest BCUT2D eigenvalue weighted by molar-refractivity contribution is -0.147. The maximum atomic E-state index is 11.9. The molecule has 2 aromatic rings. The van der Waals surface area contributed by atoms with Crippen LogP contribution in [0.15, 0.2) is 72.8 Å². The first-order valence-electron chi connectivity index (χ1n) is 10.8. The number of carbonyl (C=O) groups is 2. The molecule has 0 atom stereocenters. The summed E-state index contributed by atoms with van der Waals surface area (Å²) in [6.07, 6.45) is 7.55. The highest BCUT2D eigenvalue weighted by atomic mass is 16.6. The Kier molecular flexibility index (Phi) is 11.0. The number of ether oxygens (including phenoxy) is 2. The van der Waals surface area contributed by atoms with Crippen LogP contribution in [-0.4, -0.2) is 25.2 Å². The monoisotopic (exact) mass is 408 g/mol. The van der Waals surface area contributed by atoms with Gasteiger partial charge >= 0.3 is 11.9 Å². The third-order valence-corrected chi connectivity index (χ3v) is 4.86. The second kappa shape index (κ2) is 14.2. The minimum absolute atomic E-state index is 0.233. The highest BCUT2D eigenvalue weighted by Gasteiger charge is 2.18. The van der Waals surface area contributed by atoms with Crippen LogP contribution in [-0.2, 0) is 31.9 Å². The van der Waals surface area contributed by atoms with Crippen LogP contribution in [0.5, 0.6) is 0 Å². The van der Waals surface area contributed by atoms with Crippen LogP contribution in [0.4, 0.5) is 0 Å².